The smallest absolute Gasteiger partial charge is 0.231 e. The van der Waals surface area contributed by atoms with E-state index in [0.29, 0.717) is 22.9 Å². The number of hydrogen-bond donors (Lipinski definition) is 1. The van der Waals surface area contributed by atoms with Crippen LogP contribution in [0.25, 0.3) is 0 Å². The average Bonchev–Trinajstić information content (AvgIpc) is 3.64. The molecule has 9 heteroatoms. The molecule has 4 unspecified atom stereocenters. The van der Waals surface area contributed by atoms with E-state index in [0.717, 1.165) is 0 Å². The van der Waals surface area contributed by atoms with E-state index in [-0.39, 0.29) is 30.8 Å². The minimum atomic E-state index is -1.01. The molecule has 6 heterocycles. The first kappa shape index (κ1) is 19.8. The number of ether oxygens (including phenoxy) is 3. The van der Waals surface area contributed by atoms with Gasteiger partial charge in [0, 0.05) is 24.1 Å². The van der Waals surface area contributed by atoms with Gasteiger partial charge < -0.3 is 28.8 Å². The number of fused-ring (bicyclic) bond motifs is 3. The fourth-order valence-electron chi connectivity index (χ4n) is 6.46. The summed E-state index contributed by atoms with van der Waals surface area (Å²) in [5, 5.41) is 2.92. The number of piperidine rings is 1. The molecule has 0 aliphatic carbocycles. The number of carbonyl (C=O) groups is 3. The summed E-state index contributed by atoms with van der Waals surface area (Å²) < 4.78 is 22.7. The molecule has 3 saturated heterocycles. The van der Waals surface area contributed by atoms with Gasteiger partial charge in [0.25, 0.3) is 0 Å². The van der Waals surface area contributed by atoms with Crippen LogP contribution in [-0.4, -0.2) is 47.0 Å². The van der Waals surface area contributed by atoms with Gasteiger partial charge in [0.05, 0.1) is 36.3 Å². The summed E-state index contributed by atoms with van der Waals surface area (Å²) in [5.41, 5.74) is -0.464. The van der Waals surface area contributed by atoms with Gasteiger partial charge in [0.15, 0.2) is 11.5 Å². The lowest BCUT2D eigenvalue weighted by Gasteiger charge is -2.43. The lowest BCUT2D eigenvalue weighted by atomic mass is 9.70. The van der Waals surface area contributed by atoms with Crippen molar-refractivity contribution in [1.82, 2.24) is 4.90 Å². The van der Waals surface area contributed by atoms with Crippen LogP contribution in [0.5, 0.6) is 11.5 Å². The van der Waals surface area contributed by atoms with E-state index in [2.05, 4.69) is 5.32 Å². The third-order valence-electron chi connectivity index (χ3n) is 7.89. The molecule has 1 aromatic carbocycles. The maximum Gasteiger partial charge on any atom is 0.231 e. The molecule has 1 aromatic heterocycles. The second-order valence-electron chi connectivity index (χ2n) is 9.54. The number of rotatable bonds is 3. The van der Waals surface area contributed by atoms with Gasteiger partial charge in [-0.1, -0.05) is 19.1 Å². The lowest BCUT2D eigenvalue weighted by Crippen LogP contribution is -2.55. The largest absolute Gasteiger partial charge is 0.467 e. The number of nitrogens with one attached hydrogen (secondary N) is 1. The Balaban J connectivity index is 1.24. The van der Waals surface area contributed by atoms with Gasteiger partial charge in [-0.15, -0.1) is 0 Å². The highest BCUT2D eigenvalue weighted by atomic mass is 16.7. The topological polar surface area (TPSA) is 107 Å². The van der Waals surface area contributed by atoms with Crippen LogP contribution in [0.1, 0.15) is 25.1 Å². The van der Waals surface area contributed by atoms with E-state index < -0.39 is 41.5 Å². The molecule has 0 saturated carbocycles. The van der Waals surface area contributed by atoms with Crippen molar-refractivity contribution in [2.24, 2.45) is 17.8 Å². The number of carbonyl (C=O) groups excluding carboxylic acids is 3. The van der Waals surface area contributed by atoms with Crippen molar-refractivity contribution in [3.8, 4) is 11.5 Å². The maximum atomic E-state index is 13.9. The Kier molecular flexibility index (Phi) is 3.92. The van der Waals surface area contributed by atoms with Crippen molar-refractivity contribution >= 4 is 23.3 Å². The maximum absolute atomic E-state index is 13.9. The molecule has 2 amide bonds. The second kappa shape index (κ2) is 6.73. The number of benzene rings is 1. The minimum absolute atomic E-state index is 0.0548. The average molecular weight is 462 g/mol. The molecule has 5 aliphatic heterocycles. The zero-order valence-corrected chi connectivity index (χ0v) is 18.3. The third kappa shape index (κ3) is 2.45. The van der Waals surface area contributed by atoms with E-state index in [4.69, 9.17) is 18.6 Å². The Hall–Kier alpha value is -3.59. The normalized spacial score (nSPS) is 36.7. The van der Waals surface area contributed by atoms with Crippen LogP contribution in [-0.2, 0) is 19.1 Å². The molecular weight excluding hydrogens is 440 g/mol. The van der Waals surface area contributed by atoms with Gasteiger partial charge in [-0.25, -0.2) is 0 Å². The Morgan fingerprint density at radius 3 is 2.85 bits per heavy atom. The van der Waals surface area contributed by atoms with Crippen LogP contribution in [0.15, 0.2) is 53.2 Å². The van der Waals surface area contributed by atoms with Gasteiger partial charge in [-0.05, 0) is 24.3 Å². The molecule has 174 valence electrons. The quantitative estimate of drug-likeness (QED) is 0.698. The summed E-state index contributed by atoms with van der Waals surface area (Å²) in [6.45, 7) is 1.98. The molecule has 2 aromatic rings. The van der Waals surface area contributed by atoms with Crippen molar-refractivity contribution in [3.05, 3.63) is 54.5 Å². The van der Waals surface area contributed by atoms with Crippen molar-refractivity contribution in [2.45, 2.75) is 37.1 Å². The molecule has 0 radical (unpaired) electrons. The molecule has 1 N–H and O–H groups in total. The number of nitrogens with zero attached hydrogens (tertiary/aromatic N) is 1. The van der Waals surface area contributed by atoms with Crippen LogP contribution in [0.4, 0.5) is 5.69 Å². The van der Waals surface area contributed by atoms with Crippen molar-refractivity contribution < 1.29 is 33.0 Å². The number of ketones is 1. The summed E-state index contributed by atoms with van der Waals surface area (Å²) in [6.07, 6.45) is 4.93. The van der Waals surface area contributed by atoms with Crippen LogP contribution in [0, 0.1) is 17.8 Å². The van der Waals surface area contributed by atoms with Crippen LogP contribution in [0.3, 0.4) is 0 Å². The van der Waals surface area contributed by atoms with E-state index in [9.17, 15) is 14.4 Å². The summed E-state index contributed by atoms with van der Waals surface area (Å²) in [7, 11) is 0. The number of amides is 2. The summed E-state index contributed by atoms with van der Waals surface area (Å²) in [6, 6.07) is 7.69. The highest BCUT2D eigenvalue weighted by Gasteiger charge is 2.74. The molecule has 5 aliphatic rings. The number of hydrogen-bond acceptors (Lipinski definition) is 7. The van der Waals surface area contributed by atoms with Crippen LogP contribution >= 0.6 is 0 Å². The first-order valence-electron chi connectivity index (χ1n) is 11.4. The van der Waals surface area contributed by atoms with Crippen molar-refractivity contribution in [2.75, 3.05) is 12.1 Å². The molecule has 3 fully saturated rings. The van der Waals surface area contributed by atoms with Crippen LogP contribution < -0.4 is 14.8 Å². The SMILES string of the molecule is CC1C(=O)CC(c2ccco2)N2C(=O)[C@@H]3C(C(=O)Nc4ccc5c(c4)OCO5)[C@@H]4C=C[C@@]3(O4)C12. The fourth-order valence-corrected chi connectivity index (χ4v) is 6.46. The standard InChI is InChI=1S/C25H22N2O7/c1-12-15(28)10-14(16-3-2-8-31-16)27-22(12)25-7-6-18(34-25)20(21(25)24(27)30)23(29)26-13-4-5-17-19(9-13)33-11-32-17/h2-9,12,14,18,20-22H,10-11H2,1H3,(H,26,29)/t12?,14?,18-,20?,21-,22?,25-/m0/s1. The molecule has 1 spiro atoms. The highest BCUT2D eigenvalue weighted by molar-refractivity contribution is 6.01. The molecule has 7 atom stereocenters. The number of furan rings is 1. The third-order valence-corrected chi connectivity index (χ3v) is 7.89. The van der Waals surface area contributed by atoms with Crippen molar-refractivity contribution in [1.29, 1.82) is 0 Å². The highest BCUT2D eigenvalue weighted by Crippen LogP contribution is 2.60. The van der Waals surface area contributed by atoms with E-state index in [1.54, 1.807) is 35.2 Å². The zero-order valence-electron chi connectivity index (χ0n) is 18.3. The Bertz CT molecular complexity index is 1250. The Labute approximate surface area is 194 Å². The summed E-state index contributed by atoms with van der Waals surface area (Å²) in [5.74, 6) is -0.534. The minimum Gasteiger partial charge on any atom is -0.467 e. The number of Topliss-reactive ketones (excluding diaryl/α,β-unsaturated/α-hetero) is 1. The lowest BCUT2D eigenvalue weighted by molar-refractivity contribution is -0.147. The molecule has 7 rings (SSSR count). The van der Waals surface area contributed by atoms with E-state index in [1.165, 1.54) is 6.26 Å². The van der Waals surface area contributed by atoms with E-state index in [1.807, 2.05) is 19.1 Å². The van der Waals surface area contributed by atoms with Gasteiger partial charge in [-0.3, -0.25) is 14.4 Å². The van der Waals surface area contributed by atoms with Gasteiger partial charge in [0.1, 0.15) is 17.1 Å². The van der Waals surface area contributed by atoms with Gasteiger partial charge in [-0.2, -0.15) is 0 Å². The van der Waals surface area contributed by atoms with Crippen molar-refractivity contribution in [3.63, 3.8) is 0 Å². The van der Waals surface area contributed by atoms with Crippen LogP contribution in [0.2, 0.25) is 0 Å². The Morgan fingerprint density at radius 1 is 1.18 bits per heavy atom. The fraction of sp³-hybridized carbons (Fsp3) is 0.400. The summed E-state index contributed by atoms with van der Waals surface area (Å²) in [4.78, 5) is 42.2. The van der Waals surface area contributed by atoms with Gasteiger partial charge in [0.2, 0.25) is 18.6 Å². The zero-order chi connectivity index (χ0) is 23.2. The molecular formula is C25H22N2O7. The monoisotopic (exact) mass is 462 g/mol. The van der Waals surface area contributed by atoms with Gasteiger partial charge >= 0.3 is 0 Å². The molecule has 34 heavy (non-hydrogen) atoms. The Morgan fingerprint density at radius 2 is 2.03 bits per heavy atom. The molecule has 2 bridgehead atoms. The second-order valence-corrected chi connectivity index (χ2v) is 9.54. The first-order valence-corrected chi connectivity index (χ1v) is 11.4. The predicted molar refractivity (Wildman–Crippen MR) is 116 cm³/mol. The molecule has 9 nitrogen and oxygen atoms in total. The predicted octanol–water partition coefficient (Wildman–Crippen LogP) is 2.45. The van der Waals surface area contributed by atoms with E-state index >= 15 is 0 Å². The summed E-state index contributed by atoms with van der Waals surface area (Å²) >= 11 is 0. The first-order chi connectivity index (χ1) is 16.5. The number of anilines is 1.